The van der Waals surface area contributed by atoms with Gasteiger partial charge < -0.3 is 10.4 Å². The first-order chi connectivity index (χ1) is 5.56. The van der Waals surface area contributed by atoms with E-state index in [1.165, 1.54) is 0 Å². The van der Waals surface area contributed by atoms with E-state index in [1.807, 2.05) is 0 Å². The highest BCUT2D eigenvalue weighted by Crippen LogP contribution is 1.98. The lowest BCUT2D eigenvalue weighted by Crippen LogP contribution is -2.28. The van der Waals surface area contributed by atoms with E-state index in [4.69, 9.17) is 5.11 Å². The van der Waals surface area contributed by atoms with Gasteiger partial charge in [-0.05, 0) is 5.92 Å². The van der Waals surface area contributed by atoms with Crippen LogP contribution in [0, 0.1) is 5.92 Å². The number of carboxylic acids is 1. The van der Waals surface area contributed by atoms with Crippen LogP contribution in [0.3, 0.4) is 0 Å². The van der Waals surface area contributed by atoms with E-state index >= 15 is 0 Å². The number of carbonyl (C=O) groups is 2. The van der Waals surface area contributed by atoms with Gasteiger partial charge in [0, 0.05) is 19.4 Å². The van der Waals surface area contributed by atoms with Crippen molar-refractivity contribution in [1.82, 2.24) is 5.32 Å². The van der Waals surface area contributed by atoms with Gasteiger partial charge in [-0.3, -0.25) is 9.59 Å². The van der Waals surface area contributed by atoms with Crippen molar-refractivity contribution in [3.05, 3.63) is 0 Å². The summed E-state index contributed by atoms with van der Waals surface area (Å²) in [5.41, 5.74) is 0. The van der Waals surface area contributed by atoms with Crippen LogP contribution in [0.5, 0.6) is 0 Å². The Balaban J connectivity index is 3.50. The third-order valence-corrected chi connectivity index (χ3v) is 1.49. The molecule has 0 bridgehead atoms. The Kier molecular flexibility index (Phi) is 5.08. The van der Waals surface area contributed by atoms with Crippen LogP contribution in [0.4, 0.5) is 0 Å². The van der Waals surface area contributed by atoms with Gasteiger partial charge >= 0.3 is 5.97 Å². The first-order valence-corrected chi connectivity index (χ1v) is 4.04. The number of rotatable bonds is 5. The van der Waals surface area contributed by atoms with Crippen LogP contribution in [0.15, 0.2) is 0 Å². The van der Waals surface area contributed by atoms with Crippen molar-refractivity contribution in [3.8, 4) is 0 Å². The smallest absolute Gasteiger partial charge is 0.303 e. The third-order valence-electron chi connectivity index (χ3n) is 1.49. The Hall–Kier alpha value is -1.06. The van der Waals surface area contributed by atoms with Gasteiger partial charge in [0.15, 0.2) is 0 Å². The van der Waals surface area contributed by atoms with Crippen LogP contribution in [0.25, 0.3) is 0 Å². The Morgan fingerprint density at radius 1 is 1.50 bits per heavy atom. The molecule has 0 aromatic rings. The Labute approximate surface area is 72.0 Å². The maximum atomic E-state index is 10.7. The van der Waals surface area contributed by atoms with Crippen molar-refractivity contribution in [2.45, 2.75) is 26.7 Å². The highest BCUT2D eigenvalue weighted by molar-refractivity contribution is 5.75. The minimum absolute atomic E-state index is 0.00185. The van der Waals surface area contributed by atoms with Gasteiger partial charge in [-0.1, -0.05) is 13.8 Å². The van der Waals surface area contributed by atoms with Crippen LogP contribution in [-0.4, -0.2) is 23.5 Å². The lowest BCUT2D eigenvalue weighted by molar-refractivity contribution is -0.138. The molecule has 0 aliphatic rings. The molecule has 2 N–H and O–H groups in total. The minimum atomic E-state index is -0.826. The number of nitrogens with one attached hydrogen (secondary N) is 1. The first-order valence-electron chi connectivity index (χ1n) is 4.04. The molecule has 1 amide bonds. The molecule has 0 spiro atoms. The number of aliphatic carboxylic acids is 1. The molecular formula is C8H15NO3. The second-order valence-electron chi connectivity index (χ2n) is 2.86. The van der Waals surface area contributed by atoms with E-state index in [0.717, 1.165) is 0 Å². The molecule has 0 radical (unpaired) electrons. The average Bonchev–Trinajstić information content (AvgIpc) is 1.99. The molecule has 0 aliphatic heterocycles. The first kappa shape index (κ1) is 10.9. The monoisotopic (exact) mass is 173 g/mol. The number of hydrogen-bond donors (Lipinski definition) is 2. The summed E-state index contributed by atoms with van der Waals surface area (Å²) in [5, 5.41) is 11.0. The molecule has 0 saturated carbocycles. The Morgan fingerprint density at radius 2 is 2.08 bits per heavy atom. The van der Waals surface area contributed by atoms with E-state index in [2.05, 4.69) is 5.32 Å². The average molecular weight is 173 g/mol. The maximum absolute atomic E-state index is 10.7. The van der Waals surface area contributed by atoms with Gasteiger partial charge in [-0.2, -0.15) is 0 Å². The summed E-state index contributed by atoms with van der Waals surface area (Å²) < 4.78 is 0. The number of amides is 1. The summed E-state index contributed by atoms with van der Waals surface area (Å²) in [6.07, 6.45) is 0.545. The van der Waals surface area contributed by atoms with Gasteiger partial charge in [0.1, 0.15) is 0 Å². The molecule has 0 rings (SSSR count). The van der Waals surface area contributed by atoms with Crippen LogP contribution in [-0.2, 0) is 9.59 Å². The predicted octanol–water partition coefficient (Wildman–Crippen LogP) is 0.623. The molecule has 1 unspecified atom stereocenters. The molecule has 0 aromatic carbocycles. The molecule has 0 saturated heterocycles. The molecule has 0 fully saturated rings. The summed E-state index contributed by atoms with van der Waals surface area (Å²) in [6, 6.07) is 0. The molecular weight excluding hydrogens is 158 g/mol. The van der Waals surface area contributed by atoms with Crippen molar-refractivity contribution < 1.29 is 14.7 Å². The van der Waals surface area contributed by atoms with E-state index in [0.29, 0.717) is 13.0 Å². The van der Waals surface area contributed by atoms with Gasteiger partial charge in [0.25, 0.3) is 0 Å². The maximum Gasteiger partial charge on any atom is 0.303 e. The number of carbonyl (C=O) groups excluding carboxylic acids is 1. The van der Waals surface area contributed by atoms with Crippen LogP contribution < -0.4 is 5.32 Å². The molecule has 0 heterocycles. The summed E-state index contributed by atoms with van der Waals surface area (Å²) in [6.45, 7) is 4.00. The molecule has 12 heavy (non-hydrogen) atoms. The van der Waals surface area contributed by atoms with E-state index in [9.17, 15) is 9.59 Å². The number of hydrogen-bond acceptors (Lipinski definition) is 2. The zero-order valence-corrected chi connectivity index (χ0v) is 7.46. The molecule has 1 atom stereocenters. The van der Waals surface area contributed by atoms with E-state index in [-0.39, 0.29) is 18.2 Å². The molecule has 0 aliphatic carbocycles. The number of carboxylic acid groups (broad SMARTS) is 1. The predicted molar refractivity (Wildman–Crippen MR) is 44.7 cm³/mol. The van der Waals surface area contributed by atoms with Crippen LogP contribution in [0.1, 0.15) is 26.7 Å². The van der Waals surface area contributed by atoms with Crippen molar-refractivity contribution in [2.24, 2.45) is 5.92 Å². The van der Waals surface area contributed by atoms with Crippen LogP contribution in [0.2, 0.25) is 0 Å². The second-order valence-corrected chi connectivity index (χ2v) is 2.86. The zero-order valence-electron chi connectivity index (χ0n) is 7.46. The van der Waals surface area contributed by atoms with Crippen molar-refractivity contribution >= 4 is 11.9 Å². The van der Waals surface area contributed by atoms with E-state index in [1.54, 1.807) is 13.8 Å². The molecule has 70 valence electrons. The summed E-state index contributed by atoms with van der Waals surface area (Å²) >= 11 is 0. The highest BCUT2D eigenvalue weighted by Gasteiger charge is 2.07. The van der Waals surface area contributed by atoms with Gasteiger partial charge in [0.05, 0.1) is 0 Å². The van der Waals surface area contributed by atoms with Crippen molar-refractivity contribution in [3.63, 3.8) is 0 Å². The molecule has 4 nitrogen and oxygen atoms in total. The Morgan fingerprint density at radius 3 is 2.50 bits per heavy atom. The Bertz CT molecular complexity index is 168. The summed E-state index contributed by atoms with van der Waals surface area (Å²) in [4.78, 5) is 21.0. The van der Waals surface area contributed by atoms with Gasteiger partial charge in [-0.25, -0.2) is 0 Å². The summed E-state index contributed by atoms with van der Waals surface area (Å²) in [5.74, 6) is -0.863. The quantitative estimate of drug-likeness (QED) is 0.640. The minimum Gasteiger partial charge on any atom is -0.481 e. The molecule has 4 heteroatoms. The third kappa shape index (κ3) is 5.70. The second kappa shape index (κ2) is 5.57. The fourth-order valence-corrected chi connectivity index (χ4v) is 0.783. The van der Waals surface area contributed by atoms with Crippen molar-refractivity contribution in [1.29, 1.82) is 0 Å². The largest absolute Gasteiger partial charge is 0.481 e. The topological polar surface area (TPSA) is 66.4 Å². The van der Waals surface area contributed by atoms with Gasteiger partial charge in [0.2, 0.25) is 5.91 Å². The van der Waals surface area contributed by atoms with E-state index < -0.39 is 5.97 Å². The fraction of sp³-hybridized carbons (Fsp3) is 0.750. The lowest BCUT2D eigenvalue weighted by atomic mass is 10.1. The highest BCUT2D eigenvalue weighted by atomic mass is 16.4. The molecule has 0 aromatic heterocycles. The van der Waals surface area contributed by atoms with Crippen molar-refractivity contribution in [2.75, 3.05) is 6.54 Å². The standard InChI is InChI=1S/C8H15NO3/c1-3-7(10)9-5-6(2)4-8(11)12/h6H,3-5H2,1-2H3,(H,9,10)(H,11,12). The zero-order chi connectivity index (χ0) is 9.56. The fourth-order valence-electron chi connectivity index (χ4n) is 0.783. The van der Waals surface area contributed by atoms with Crippen LogP contribution >= 0.6 is 0 Å². The lowest BCUT2D eigenvalue weighted by Gasteiger charge is -2.08. The van der Waals surface area contributed by atoms with Gasteiger partial charge in [-0.15, -0.1) is 0 Å². The summed E-state index contributed by atoms with van der Waals surface area (Å²) in [7, 11) is 0. The SMILES string of the molecule is CCC(=O)NCC(C)CC(=O)O. The normalized spacial score (nSPS) is 12.2.